The van der Waals surface area contributed by atoms with Crippen LogP contribution < -0.4 is 15.8 Å². The second-order valence-corrected chi connectivity index (χ2v) is 4.12. The zero-order chi connectivity index (χ0) is 14.4. The molecular weight excluding hydrogens is 259 g/mol. The van der Waals surface area contributed by atoms with E-state index in [0.29, 0.717) is 25.3 Å². The molecule has 0 fully saturated rings. The molecule has 106 valence electrons. The molecule has 5 nitrogen and oxygen atoms in total. The van der Waals surface area contributed by atoms with Gasteiger partial charge in [-0.2, -0.15) is 0 Å². The second-order valence-electron chi connectivity index (χ2n) is 4.12. The van der Waals surface area contributed by atoms with Crippen LogP contribution in [0.5, 0.6) is 5.75 Å². The lowest BCUT2D eigenvalue weighted by atomic mass is 10.2. The van der Waals surface area contributed by atoms with Gasteiger partial charge in [0.2, 0.25) is 0 Å². The standard InChI is InChI=1S/C14H17FN4O/c1-2-12-13(15)14(18-9-17-12)19-10-3-5-11(6-4-10)20-8-7-16/h3-6,9H,2,7-8,16H2,1H3,(H,17,18,19). The van der Waals surface area contributed by atoms with Crippen molar-refractivity contribution in [2.75, 3.05) is 18.5 Å². The molecular formula is C14H17FN4O. The number of ether oxygens (including phenoxy) is 1. The molecule has 0 aliphatic heterocycles. The van der Waals surface area contributed by atoms with Crippen LogP contribution in [0.1, 0.15) is 12.6 Å². The van der Waals surface area contributed by atoms with Gasteiger partial charge in [-0.05, 0) is 30.7 Å². The molecule has 0 unspecified atom stereocenters. The maximum atomic E-state index is 14.0. The van der Waals surface area contributed by atoms with Gasteiger partial charge in [0.1, 0.15) is 18.7 Å². The first-order valence-electron chi connectivity index (χ1n) is 6.44. The fourth-order valence-electron chi connectivity index (χ4n) is 1.69. The molecule has 0 radical (unpaired) electrons. The Labute approximate surface area is 117 Å². The molecule has 0 aliphatic carbocycles. The van der Waals surface area contributed by atoms with Crippen LogP contribution in [-0.4, -0.2) is 23.1 Å². The van der Waals surface area contributed by atoms with E-state index in [1.807, 2.05) is 6.92 Å². The summed E-state index contributed by atoms with van der Waals surface area (Å²) in [4.78, 5) is 7.80. The monoisotopic (exact) mass is 276 g/mol. The first-order chi connectivity index (χ1) is 9.74. The van der Waals surface area contributed by atoms with Crippen LogP contribution in [0.3, 0.4) is 0 Å². The Hall–Kier alpha value is -2.21. The molecule has 0 spiro atoms. The minimum Gasteiger partial charge on any atom is -0.492 e. The number of nitrogens with zero attached hydrogens (tertiary/aromatic N) is 2. The lowest BCUT2D eigenvalue weighted by Gasteiger charge is -2.09. The lowest BCUT2D eigenvalue weighted by molar-refractivity contribution is 0.328. The Kier molecular flexibility index (Phi) is 4.84. The Morgan fingerprint density at radius 1 is 1.25 bits per heavy atom. The van der Waals surface area contributed by atoms with Gasteiger partial charge in [-0.25, -0.2) is 14.4 Å². The van der Waals surface area contributed by atoms with Crippen LogP contribution >= 0.6 is 0 Å². The van der Waals surface area contributed by atoms with E-state index in [4.69, 9.17) is 10.5 Å². The highest BCUT2D eigenvalue weighted by atomic mass is 19.1. The van der Waals surface area contributed by atoms with Crippen LogP contribution in [0.25, 0.3) is 0 Å². The SMILES string of the molecule is CCc1ncnc(Nc2ccc(OCCN)cc2)c1F. The number of aromatic nitrogens is 2. The summed E-state index contributed by atoms with van der Waals surface area (Å²) in [5, 5.41) is 2.92. The van der Waals surface area contributed by atoms with E-state index < -0.39 is 5.82 Å². The molecule has 0 atom stereocenters. The van der Waals surface area contributed by atoms with E-state index in [2.05, 4.69) is 15.3 Å². The average molecular weight is 276 g/mol. The normalized spacial score (nSPS) is 10.3. The van der Waals surface area contributed by atoms with Gasteiger partial charge in [-0.1, -0.05) is 6.92 Å². The molecule has 0 amide bonds. The maximum absolute atomic E-state index is 14.0. The van der Waals surface area contributed by atoms with Gasteiger partial charge in [0, 0.05) is 12.2 Å². The summed E-state index contributed by atoms with van der Waals surface area (Å²) in [6.45, 7) is 2.78. The van der Waals surface area contributed by atoms with Gasteiger partial charge in [0.15, 0.2) is 11.6 Å². The highest BCUT2D eigenvalue weighted by Crippen LogP contribution is 2.21. The largest absolute Gasteiger partial charge is 0.492 e. The number of halogens is 1. The highest BCUT2D eigenvalue weighted by molar-refractivity contribution is 5.57. The number of anilines is 2. The van der Waals surface area contributed by atoms with E-state index in [0.717, 1.165) is 11.4 Å². The fourth-order valence-corrected chi connectivity index (χ4v) is 1.69. The minimum absolute atomic E-state index is 0.174. The molecule has 20 heavy (non-hydrogen) atoms. The van der Waals surface area contributed by atoms with Crippen molar-refractivity contribution < 1.29 is 9.13 Å². The third-order valence-electron chi connectivity index (χ3n) is 2.70. The van der Waals surface area contributed by atoms with Crippen molar-refractivity contribution in [3.63, 3.8) is 0 Å². The summed E-state index contributed by atoms with van der Waals surface area (Å²) >= 11 is 0. The Bertz CT molecular complexity index is 560. The van der Waals surface area contributed by atoms with Crippen molar-refractivity contribution in [2.45, 2.75) is 13.3 Å². The number of rotatable bonds is 6. The predicted molar refractivity (Wildman–Crippen MR) is 75.6 cm³/mol. The average Bonchev–Trinajstić information content (AvgIpc) is 2.48. The molecule has 2 rings (SSSR count). The third kappa shape index (κ3) is 3.42. The quantitative estimate of drug-likeness (QED) is 0.846. The van der Waals surface area contributed by atoms with Crippen LogP contribution in [0.4, 0.5) is 15.9 Å². The number of hydrogen-bond acceptors (Lipinski definition) is 5. The van der Waals surface area contributed by atoms with E-state index >= 15 is 0 Å². The van der Waals surface area contributed by atoms with Gasteiger partial charge in [-0.3, -0.25) is 0 Å². The van der Waals surface area contributed by atoms with E-state index in [9.17, 15) is 4.39 Å². The van der Waals surface area contributed by atoms with Crippen molar-refractivity contribution in [1.82, 2.24) is 9.97 Å². The smallest absolute Gasteiger partial charge is 0.187 e. The Balaban J connectivity index is 2.10. The number of benzene rings is 1. The summed E-state index contributed by atoms with van der Waals surface area (Å²) in [6, 6.07) is 7.16. The topological polar surface area (TPSA) is 73.1 Å². The van der Waals surface area contributed by atoms with Gasteiger partial charge in [0.05, 0.1) is 5.69 Å². The first-order valence-corrected chi connectivity index (χ1v) is 6.44. The molecule has 1 aromatic carbocycles. The minimum atomic E-state index is -0.418. The molecule has 3 N–H and O–H groups in total. The van der Waals surface area contributed by atoms with Crippen molar-refractivity contribution >= 4 is 11.5 Å². The van der Waals surface area contributed by atoms with Crippen LogP contribution in [0, 0.1) is 5.82 Å². The van der Waals surface area contributed by atoms with E-state index in [1.54, 1.807) is 24.3 Å². The molecule has 0 saturated heterocycles. The molecule has 0 aliphatic rings. The van der Waals surface area contributed by atoms with Gasteiger partial charge in [-0.15, -0.1) is 0 Å². The molecule has 6 heteroatoms. The third-order valence-corrected chi connectivity index (χ3v) is 2.70. The summed E-state index contributed by atoms with van der Waals surface area (Å²) < 4.78 is 19.3. The van der Waals surface area contributed by atoms with E-state index in [1.165, 1.54) is 6.33 Å². The Morgan fingerprint density at radius 3 is 2.65 bits per heavy atom. The number of aryl methyl sites for hydroxylation is 1. The number of hydrogen-bond donors (Lipinski definition) is 2. The summed E-state index contributed by atoms with van der Waals surface area (Å²) in [5.74, 6) is 0.476. The van der Waals surface area contributed by atoms with Crippen LogP contribution in [-0.2, 0) is 6.42 Å². The summed E-state index contributed by atoms with van der Waals surface area (Å²) in [5.41, 5.74) is 6.48. The first kappa shape index (κ1) is 14.2. The van der Waals surface area contributed by atoms with Crippen molar-refractivity contribution in [3.8, 4) is 5.75 Å². The molecule has 0 bridgehead atoms. The summed E-state index contributed by atoms with van der Waals surface area (Å²) in [6.07, 6.45) is 1.87. The van der Waals surface area contributed by atoms with Gasteiger partial charge < -0.3 is 15.8 Å². The lowest BCUT2D eigenvalue weighted by Crippen LogP contribution is -2.10. The summed E-state index contributed by atoms with van der Waals surface area (Å²) in [7, 11) is 0. The van der Waals surface area contributed by atoms with Crippen molar-refractivity contribution in [1.29, 1.82) is 0 Å². The van der Waals surface area contributed by atoms with Gasteiger partial charge >= 0.3 is 0 Å². The fraction of sp³-hybridized carbons (Fsp3) is 0.286. The Morgan fingerprint density at radius 2 is 2.00 bits per heavy atom. The predicted octanol–water partition coefficient (Wildman–Crippen LogP) is 2.26. The van der Waals surface area contributed by atoms with Gasteiger partial charge in [0.25, 0.3) is 0 Å². The maximum Gasteiger partial charge on any atom is 0.187 e. The zero-order valence-corrected chi connectivity index (χ0v) is 11.3. The molecule has 2 aromatic rings. The second kappa shape index (κ2) is 6.81. The molecule has 0 saturated carbocycles. The zero-order valence-electron chi connectivity index (χ0n) is 11.3. The molecule has 1 heterocycles. The number of nitrogens with two attached hydrogens (primary N) is 1. The molecule has 1 aromatic heterocycles. The van der Waals surface area contributed by atoms with Crippen LogP contribution in [0.15, 0.2) is 30.6 Å². The van der Waals surface area contributed by atoms with Crippen molar-refractivity contribution in [3.05, 3.63) is 42.1 Å². The van der Waals surface area contributed by atoms with Crippen LogP contribution in [0.2, 0.25) is 0 Å². The van der Waals surface area contributed by atoms with Crippen molar-refractivity contribution in [2.24, 2.45) is 5.73 Å². The highest BCUT2D eigenvalue weighted by Gasteiger charge is 2.09. The number of nitrogens with one attached hydrogen (secondary N) is 1. The van der Waals surface area contributed by atoms with E-state index in [-0.39, 0.29) is 5.82 Å².